The summed E-state index contributed by atoms with van der Waals surface area (Å²) >= 11 is 0. The topological polar surface area (TPSA) is 66.5 Å². The van der Waals surface area contributed by atoms with E-state index in [0.29, 0.717) is 5.65 Å². The molecule has 0 aliphatic heterocycles. The smallest absolute Gasteiger partial charge is 0.182 e. The molecule has 0 saturated carbocycles. The van der Waals surface area contributed by atoms with E-state index in [9.17, 15) is 0 Å². The molecule has 0 saturated heterocycles. The molecule has 5 heteroatoms. The number of nitrogens with one attached hydrogen (secondary N) is 2. The summed E-state index contributed by atoms with van der Waals surface area (Å²) in [6.07, 6.45) is 6.31. The van der Waals surface area contributed by atoms with E-state index in [4.69, 9.17) is 0 Å². The minimum Gasteiger partial charge on any atom is -0.364 e. The van der Waals surface area contributed by atoms with Crippen molar-refractivity contribution in [3.05, 3.63) is 24.3 Å². The third kappa shape index (κ3) is 2.03. The van der Waals surface area contributed by atoms with Gasteiger partial charge in [0.25, 0.3) is 0 Å². The Morgan fingerprint density at radius 2 is 2.31 bits per heavy atom. The zero-order chi connectivity index (χ0) is 11.4. The average Bonchev–Trinajstić information content (AvgIpc) is 2.79. The van der Waals surface area contributed by atoms with Crippen LogP contribution in [0.3, 0.4) is 0 Å². The molecule has 16 heavy (non-hydrogen) atoms. The largest absolute Gasteiger partial charge is 0.364 e. The SMILES string of the molecule is C/C=C(/CC)CNc1ncnc2nc[nH]c12. The number of anilines is 1. The molecule has 0 fully saturated rings. The van der Waals surface area contributed by atoms with Gasteiger partial charge in [0.1, 0.15) is 11.8 Å². The van der Waals surface area contributed by atoms with E-state index in [1.54, 1.807) is 6.33 Å². The first-order valence-corrected chi connectivity index (χ1v) is 5.37. The molecule has 0 aromatic carbocycles. The molecule has 5 nitrogen and oxygen atoms in total. The molecule has 2 aromatic heterocycles. The molecule has 0 aliphatic carbocycles. The van der Waals surface area contributed by atoms with Gasteiger partial charge in [-0.25, -0.2) is 15.0 Å². The summed E-state index contributed by atoms with van der Waals surface area (Å²) in [5.41, 5.74) is 2.90. The first-order chi connectivity index (χ1) is 7.85. The van der Waals surface area contributed by atoms with Gasteiger partial charge in [-0.15, -0.1) is 0 Å². The van der Waals surface area contributed by atoms with Crippen LogP contribution in [0, 0.1) is 0 Å². The first-order valence-electron chi connectivity index (χ1n) is 5.37. The van der Waals surface area contributed by atoms with Crippen molar-refractivity contribution >= 4 is 17.0 Å². The maximum Gasteiger partial charge on any atom is 0.182 e. The number of hydrogen-bond acceptors (Lipinski definition) is 4. The van der Waals surface area contributed by atoms with Crippen molar-refractivity contribution in [1.82, 2.24) is 19.9 Å². The second kappa shape index (κ2) is 4.74. The lowest BCUT2D eigenvalue weighted by Gasteiger charge is -2.07. The summed E-state index contributed by atoms with van der Waals surface area (Å²) in [5, 5.41) is 3.29. The number of hydrogen-bond donors (Lipinski definition) is 2. The molecule has 0 bridgehead atoms. The van der Waals surface area contributed by atoms with Crippen LogP contribution in [0.5, 0.6) is 0 Å². The lowest BCUT2D eigenvalue weighted by atomic mass is 10.2. The Balaban J connectivity index is 2.18. The summed E-state index contributed by atoms with van der Waals surface area (Å²) in [4.78, 5) is 15.4. The maximum atomic E-state index is 4.20. The lowest BCUT2D eigenvalue weighted by molar-refractivity contribution is 1.02. The predicted octanol–water partition coefficient (Wildman–Crippen LogP) is 2.12. The molecule has 2 rings (SSSR count). The van der Waals surface area contributed by atoms with Gasteiger partial charge in [0, 0.05) is 6.54 Å². The molecule has 0 unspecified atom stereocenters. The van der Waals surface area contributed by atoms with Crippen molar-refractivity contribution in [3.8, 4) is 0 Å². The predicted molar refractivity (Wildman–Crippen MR) is 64.2 cm³/mol. The summed E-state index contributed by atoms with van der Waals surface area (Å²) in [7, 11) is 0. The Kier molecular flexibility index (Phi) is 3.14. The minimum absolute atomic E-state index is 0.691. The highest BCUT2D eigenvalue weighted by Crippen LogP contribution is 2.14. The number of nitrogens with zero attached hydrogens (tertiary/aromatic N) is 3. The van der Waals surface area contributed by atoms with Crippen LogP contribution in [-0.2, 0) is 0 Å². The van der Waals surface area contributed by atoms with Gasteiger partial charge in [0.2, 0.25) is 0 Å². The fourth-order valence-corrected chi connectivity index (χ4v) is 1.53. The number of aromatic nitrogens is 4. The maximum absolute atomic E-state index is 4.20. The van der Waals surface area contributed by atoms with Crippen LogP contribution in [0.25, 0.3) is 11.2 Å². The Hall–Kier alpha value is -1.91. The fourth-order valence-electron chi connectivity index (χ4n) is 1.53. The van der Waals surface area contributed by atoms with Gasteiger partial charge in [-0.1, -0.05) is 18.6 Å². The third-order valence-corrected chi connectivity index (χ3v) is 2.57. The Morgan fingerprint density at radius 3 is 3.06 bits per heavy atom. The van der Waals surface area contributed by atoms with Gasteiger partial charge in [-0.3, -0.25) is 0 Å². The van der Waals surface area contributed by atoms with Gasteiger partial charge < -0.3 is 10.3 Å². The van der Waals surface area contributed by atoms with Crippen LogP contribution in [0.2, 0.25) is 0 Å². The van der Waals surface area contributed by atoms with Gasteiger partial charge in [0.15, 0.2) is 11.5 Å². The minimum atomic E-state index is 0.691. The number of aromatic amines is 1. The molecule has 2 heterocycles. The standard InChI is InChI=1S/C11H15N5/c1-3-8(4-2)5-12-10-9-11(14-6-13-9)16-7-15-10/h3,6-7H,4-5H2,1-2H3,(H2,12,13,14,15,16)/b8-3-. The van der Waals surface area contributed by atoms with Crippen molar-refractivity contribution < 1.29 is 0 Å². The summed E-state index contributed by atoms with van der Waals surface area (Å²) in [6, 6.07) is 0. The molecule has 84 valence electrons. The zero-order valence-electron chi connectivity index (χ0n) is 9.49. The van der Waals surface area contributed by atoms with Crippen LogP contribution in [0.15, 0.2) is 24.3 Å². The average molecular weight is 217 g/mol. The first kappa shape index (κ1) is 10.6. The fraction of sp³-hybridized carbons (Fsp3) is 0.364. The zero-order valence-corrected chi connectivity index (χ0v) is 9.49. The summed E-state index contributed by atoms with van der Waals surface area (Å²) < 4.78 is 0. The van der Waals surface area contributed by atoms with Gasteiger partial charge in [0.05, 0.1) is 6.33 Å². The number of allylic oxidation sites excluding steroid dienone is 1. The van der Waals surface area contributed by atoms with Crippen molar-refractivity contribution in [2.24, 2.45) is 0 Å². The molecule has 0 amide bonds. The van der Waals surface area contributed by atoms with E-state index in [1.807, 2.05) is 6.92 Å². The van der Waals surface area contributed by atoms with E-state index in [1.165, 1.54) is 11.9 Å². The van der Waals surface area contributed by atoms with Crippen LogP contribution in [-0.4, -0.2) is 26.5 Å². The number of imidazole rings is 1. The summed E-state index contributed by atoms with van der Waals surface area (Å²) in [6.45, 7) is 4.99. The van der Waals surface area contributed by atoms with Gasteiger partial charge in [-0.2, -0.15) is 0 Å². The Bertz CT molecular complexity index is 500. The molecule has 0 atom stereocenters. The highest BCUT2D eigenvalue weighted by molar-refractivity contribution is 5.81. The highest BCUT2D eigenvalue weighted by Gasteiger charge is 2.04. The number of rotatable bonds is 4. The van der Waals surface area contributed by atoms with E-state index < -0.39 is 0 Å². The molecular weight excluding hydrogens is 202 g/mol. The Labute approximate surface area is 94.0 Å². The van der Waals surface area contributed by atoms with Crippen molar-refractivity contribution in [3.63, 3.8) is 0 Å². The van der Waals surface area contributed by atoms with E-state index in [0.717, 1.165) is 24.3 Å². The molecular formula is C11H15N5. The quantitative estimate of drug-likeness (QED) is 0.770. The lowest BCUT2D eigenvalue weighted by Crippen LogP contribution is -2.06. The number of fused-ring (bicyclic) bond motifs is 1. The molecule has 0 aliphatic rings. The monoisotopic (exact) mass is 217 g/mol. The molecule has 2 N–H and O–H groups in total. The van der Waals surface area contributed by atoms with E-state index >= 15 is 0 Å². The van der Waals surface area contributed by atoms with Crippen LogP contribution in [0.4, 0.5) is 5.82 Å². The molecule has 0 spiro atoms. The van der Waals surface area contributed by atoms with Gasteiger partial charge >= 0.3 is 0 Å². The van der Waals surface area contributed by atoms with E-state index in [2.05, 4.69) is 38.3 Å². The second-order valence-corrected chi connectivity index (χ2v) is 3.48. The van der Waals surface area contributed by atoms with Crippen molar-refractivity contribution in [2.45, 2.75) is 20.3 Å². The third-order valence-electron chi connectivity index (χ3n) is 2.57. The highest BCUT2D eigenvalue weighted by atomic mass is 15.1. The van der Waals surface area contributed by atoms with Gasteiger partial charge in [-0.05, 0) is 13.3 Å². The van der Waals surface area contributed by atoms with Crippen LogP contribution >= 0.6 is 0 Å². The Morgan fingerprint density at radius 1 is 1.44 bits per heavy atom. The number of H-pyrrole nitrogens is 1. The molecule has 0 radical (unpaired) electrons. The molecule has 2 aromatic rings. The normalized spacial score (nSPS) is 12.0. The summed E-state index contributed by atoms with van der Waals surface area (Å²) in [5.74, 6) is 0.801. The second-order valence-electron chi connectivity index (χ2n) is 3.48. The van der Waals surface area contributed by atoms with E-state index in [-0.39, 0.29) is 0 Å². The van der Waals surface area contributed by atoms with Crippen LogP contribution < -0.4 is 5.32 Å². The van der Waals surface area contributed by atoms with Crippen LogP contribution in [0.1, 0.15) is 20.3 Å². The van der Waals surface area contributed by atoms with Crippen molar-refractivity contribution in [1.29, 1.82) is 0 Å². The van der Waals surface area contributed by atoms with Crippen molar-refractivity contribution in [2.75, 3.05) is 11.9 Å².